The van der Waals surface area contributed by atoms with Gasteiger partial charge < -0.3 is 14.4 Å². The molecule has 0 saturated carbocycles. The number of aromatic nitrogens is 1. The highest BCUT2D eigenvalue weighted by atomic mass is 19.1. The second kappa shape index (κ2) is 6.16. The average molecular weight is 317 g/mol. The van der Waals surface area contributed by atoms with Crippen LogP contribution < -0.4 is 0 Å². The predicted octanol–water partition coefficient (Wildman–Crippen LogP) is 3.09. The molecule has 3 atom stereocenters. The number of benzene rings is 1. The lowest BCUT2D eigenvalue weighted by Gasteiger charge is -2.35. The van der Waals surface area contributed by atoms with Crippen molar-refractivity contribution in [2.24, 2.45) is 5.92 Å². The van der Waals surface area contributed by atoms with Crippen LogP contribution in [-0.2, 0) is 9.53 Å². The van der Waals surface area contributed by atoms with Crippen molar-refractivity contribution in [3.63, 3.8) is 0 Å². The summed E-state index contributed by atoms with van der Waals surface area (Å²) in [5, 5.41) is 10.6. The standard InChI is InChI=1S/C18H20FNO3/c1-3-14-17(21)16(10-23-18(14)22)20-11(2)4-9-15(20)12-5-7-13(19)8-6-12/h4-9,14,16-17,21H,3,10H2,1-2H3. The van der Waals surface area contributed by atoms with Crippen LogP contribution in [0.4, 0.5) is 4.39 Å². The molecule has 2 aromatic rings. The molecule has 1 aromatic carbocycles. The topological polar surface area (TPSA) is 51.5 Å². The van der Waals surface area contributed by atoms with Gasteiger partial charge in [0.05, 0.1) is 18.1 Å². The first-order valence-corrected chi connectivity index (χ1v) is 7.81. The zero-order valence-electron chi connectivity index (χ0n) is 13.2. The Labute approximate surface area is 134 Å². The van der Waals surface area contributed by atoms with E-state index in [4.69, 9.17) is 4.74 Å². The van der Waals surface area contributed by atoms with Crippen LogP contribution in [0.25, 0.3) is 11.3 Å². The van der Waals surface area contributed by atoms with Crippen LogP contribution in [0.3, 0.4) is 0 Å². The van der Waals surface area contributed by atoms with E-state index in [2.05, 4.69) is 0 Å². The van der Waals surface area contributed by atoms with Crippen molar-refractivity contribution in [1.29, 1.82) is 0 Å². The second-order valence-electron chi connectivity index (χ2n) is 5.94. The van der Waals surface area contributed by atoms with Gasteiger partial charge in [-0.25, -0.2) is 4.39 Å². The van der Waals surface area contributed by atoms with Crippen LogP contribution >= 0.6 is 0 Å². The lowest BCUT2D eigenvalue weighted by molar-refractivity contribution is -0.166. The van der Waals surface area contributed by atoms with Crippen LogP contribution in [0.1, 0.15) is 25.1 Å². The Bertz CT molecular complexity index is 708. The number of aryl methyl sites for hydroxylation is 1. The molecule has 5 heteroatoms. The van der Waals surface area contributed by atoms with E-state index in [1.54, 1.807) is 12.1 Å². The van der Waals surface area contributed by atoms with Gasteiger partial charge in [-0.15, -0.1) is 0 Å². The molecule has 1 aromatic heterocycles. The molecule has 3 unspecified atom stereocenters. The van der Waals surface area contributed by atoms with E-state index in [0.717, 1.165) is 17.0 Å². The molecule has 0 amide bonds. The van der Waals surface area contributed by atoms with Gasteiger partial charge >= 0.3 is 5.97 Å². The van der Waals surface area contributed by atoms with Crippen molar-refractivity contribution in [2.75, 3.05) is 6.61 Å². The number of ether oxygens (including phenoxy) is 1. The summed E-state index contributed by atoms with van der Waals surface area (Å²) < 4.78 is 20.4. The molecular formula is C18H20FNO3. The fraction of sp³-hybridized carbons (Fsp3) is 0.389. The number of carbonyl (C=O) groups excluding carboxylic acids is 1. The van der Waals surface area contributed by atoms with Crippen molar-refractivity contribution in [1.82, 2.24) is 4.57 Å². The molecule has 4 nitrogen and oxygen atoms in total. The first-order chi connectivity index (χ1) is 11.0. The summed E-state index contributed by atoms with van der Waals surface area (Å²) in [4.78, 5) is 11.8. The van der Waals surface area contributed by atoms with Crippen LogP contribution in [0.2, 0.25) is 0 Å². The van der Waals surface area contributed by atoms with Gasteiger partial charge in [-0.2, -0.15) is 0 Å². The van der Waals surface area contributed by atoms with Crippen molar-refractivity contribution in [3.8, 4) is 11.3 Å². The highest BCUT2D eigenvalue weighted by molar-refractivity contribution is 5.74. The first-order valence-electron chi connectivity index (χ1n) is 7.81. The number of esters is 1. The second-order valence-corrected chi connectivity index (χ2v) is 5.94. The summed E-state index contributed by atoms with van der Waals surface area (Å²) in [6.45, 7) is 3.94. The van der Waals surface area contributed by atoms with Crippen molar-refractivity contribution >= 4 is 5.97 Å². The minimum Gasteiger partial charge on any atom is -0.463 e. The van der Waals surface area contributed by atoms with Gasteiger partial charge in [0, 0.05) is 11.4 Å². The Morgan fingerprint density at radius 2 is 1.96 bits per heavy atom. The molecule has 0 spiro atoms. The number of rotatable bonds is 3. The van der Waals surface area contributed by atoms with Gasteiger partial charge in [-0.1, -0.05) is 6.92 Å². The molecule has 0 aliphatic carbocycles. The zero-order chi connectivity index (χ0) is 16.6. The van der Waals surface area contributed by atoms with E-state index >= 15 is 0 Å². The lowest BCUT2D eigenvalue weighted by Crippen LogP contribution is -2.44. The van der Waals surface area contributed by atoms with E-state index < -0.39 is 12.0 Å². The monoisotopic (exact) mass is 317 g/mol. The van der Waals surface area contributed by atoms with Gasteiger partial charge in [0.25, 0.3) is 0 Å². The number of hydrogen-bond acceptors (Lipinski definition) is 3. The summed E-state index contributed by atoms with van der Waals surface area (Å²) >= 11 is 0. The molecule has 2 heterocycles. The lowest BCUT2D eigenvalue weighted by atomic mass is 9.91. The Morgan fingerprint density at radius 1 is 1.26 bits per heavy atom. The number of cyclic esters (lactones) is 1. The van der Waals surface area contributed by atoms with E-state index in [9.17, 15) is 14.3 Å². The Hall–Kier alpha value is -2.14. The maximum absolute atomic E-state index is 13.2. The molecule has 0 radical (unpaired) electrons. The summed E-state index contributed by atoms with van der Waals surface area (Å²) in [6.07, 6.45) is -0.269. The molecule has 23 heavy (non-hydrogen) atoms. The summed E-state index contributed by atoms with van der Waals surface area (Å²) in [5.41, 5.74) is 2.69. The smallest absolute Gasteiger partial charge is 0.311 e. The fourth-order valence-corrected chi connectivity index (χ4v) is 3.26. The minimum absolute atomic E-state index is 0.139. The highest BCUT2D eigenvalue weighted by Crippen LogP contribution is 2.33. The van der Waals surface area contributed by atoms with Crippen LogP contribution in [0.5, 0.6) is 0 Å². The van der Waals surface area contributed by atoms with Gasteiger partial charge in [-0.05, 0) is 55.3 Å². The van der Waals surface area contributed by atoms with Crippen LogP contribution in [0, 0.1) is 18.7 Å². The highest BCUT2D eigenvalue weighted by Gasteiger charge is 2.40. The van der Waals surface area contributed by atoms with Crippen LogP contribution in [-0.4, -0.2) is 28.4 Å². The SMILES string of the molecule is CCC1C(=O)OCC(n2c(C)ccc2-c2ccc(F)cc2)C1O. The van der Waals surface area contributed by atoms with Crippen molar-refractivity contribution < 1.29 is 19.0 Å². The molecule has 3 rings (SSSR count). The first kappa shape index (κ1) is 15.7. The molecule has 1 saturated heterocycles. The third kappa shape index (κ3) is 2.77. The number of aliphatic hydroxyl groups is 1. The Balaban J connectivity index is 2.01. The van der Waals surface area contributed by atoms with Gasteiger partial charge in [0.15, 0.2) is 0 Å². The quantitative estimate of drug-likeness (QED) is 0.885. The zero-order valence-corrected chi connectivity index (χ0v) is 13.2. The van der Waals surface area contributed by atoms with Gasteiger partial charge in [-0.3, -0.25) is 4.79 Å². The molecule has 0 bridgehead atoms. The van der Waals surface area contributed by atoms with E-state index in [1.165, 1.54) is 12.1 Å². The van der Waals surface area contributed by atoms with Gasteiger partial charge in [0.2, 0.25) is 0 Å². The van der Waals surface area contributed by atoms with E-state index in [1.807, 2.05) is 30.5 Å². The van der Waals surface area contributed by atoms with E-state index in [-0.39, 0.29) is 24.4 Å². The van der Waals surface area contributed by atoms with E-state index in [0.29, 0.717) is 6.42 Å². The molecule has 1 aliphatic heterocycles. The van der Waals surface area contributed by atoms with Crippen molar-refractivity contribution in [3.05, 3.63) is 47.9 Å². The van der Waals surface area contributed by atoms with Crippen molar-refractivity contribution in [2.45, 2.75) is 32.4 Å². The number of nitrogens with zero attached hydrogens (tertiary/aromatic N) is 1. The number of carbonyl (C=O) groups is 1. The number of halogens is 1. The molecule has 1 N–H and O–H groups in total. The molecule has 122 valence electrons. The third-order valence-electron chi connectivity index (χ3n) is 4.54. The fourth-order valence-electron chi connectivity index (χ4n) is 3.26. The minimum atomic E-state index is -0.799. The maximum Gasteiger partial charge on any atom is 0.311 e. The largest absolute Gasteiger partial charge is 0.463 e. The van der Waals surface area contributed by atoms with Gasteiger partial charge in [0.1, 0.15) is 12.4 Å². The number of hydrogen-bond donors (Lipinski definition) is 1. The third-order valence-corrected chi connectivity index (χ3v) is 4.54. The maximum atomic E-state index is 13.2. The Kier molecular flexibility index (Phi) is 4.22. The summed E-state index contributed by atoms with van der Waals surface area (Å²) in [6, 6.07) is 9.78. The summed E-state index contributed by atoms with van der Waals surface area (Å²) in [7, 11) is 0. The Morgan fingerprint density at radius 3 is 2.61 bits per heavy atom. The molecular weight excluding hydrogens is 297 g/mol. The molecule has 1 fully saturated rings. The normalized spacial score (nSPS) is 24.5. The van der Waals surface area contributed by atoms with Crippen LogP contribution in [0.15, 0.2) is 36.4 Å². The predicted molar refractivity (Wildman–Crippen MR) is 84.3 cm³/mol. The summed E-state index contributed by atoms with van der Waals surface area (Å²) in [5.74, 6) is -1.15. The average Bonchev–Trinajstić information content (AvgIpc) is 2.90. The molecule has 1 aliphatic rings. The number of aliphatic hydroxyl groups excluding tert-OH is 1.